The Morgan fingerprint density at radius 3 is 2.46 bits per heavy atom. The molecule has 0 bridgehead atoms. The van der Waals surface area contributed by atoms with Crippen molar-refractivity contribution in [2.24, 2.45) is 0 Å². The van der Waals surface area contributed by atoms with Crippen molar-refractivity contribution in [3.63, 3.8) is 0 Å². The lowest BCUT2D eigenvalue weighted by atomic mass is 9.94. The highest BCUT2D eigenvalue weighted by Crippen LogP contribution is 2.29. The molecule has 0 aromatic heterocycles. The quantitative estimate of drug-likeness (QED) is 0.669. The van der Waals surface area contributed by atoms with Gasteiger partial charge in [0.2, 0.25) is 0 Å². The maximum atomic E-state index is 4.45. The van der Waals surface area contributed by atoms with Crippen molar-refractivity contribution in [2.45, 2.75) is 57.0 Å². The predicted molar refractivity (Wildman–Crippen MR) is 60.5 cm³/mol. The van der Waals surface area contributed by atoms with Gasteiger partial charge in [0.1, 0.15) is 0 Å². The van der Waals surface area contributed by atoms with E-state index in [0.717, 1.165) is 17.8 Å². The van der Waals surface area contributed by atoms with Gasteiger partial charge in [-0.3, -0.25) is 4.90 Å². The normalized spacial score (nSPS) is 32.5. The Kier molecular flexibility index (Phi) is 3.56. The standard InChI is InChI=1S/C11H21NS/c13-9-11-7-4-8-12(11)10-5-2-1-3-6-10/h10-11,13H,1-9H2. The smallest absolute Gasteiger partial charge is 0.0187 e. The van der Waals surface area contributed by atoms with Crippen LogP contribution in [0.2, 0.25) is 0 Å². The summed E-state index contributed by atoms with van der Waals surface area (Å²) in [6, 6.07) is 1.71. The molecule has 0 aromatic rings. The molecule has 13 heavy (non-hydrogen) atoms. The van der Waals surface area contributed by atoms with Crippen LogP contribution in [0, 0.1) is 0 Å². The van der Waals surface area contributed by atoms with Gasteiger partial charge in [-0.05, 0) is 32.2 Å². The topological polar surface area (TPSA) is 3.24 Å². The summed E-state index contributed by atoms with van der Waals surface area (Å²) >= 11 is 4.45. The molecule has 1 saturated heterocycles. The van der Waals surface area contributed by atoms with Crippen molar-refractivity contribution >= 4 is 12.6 Å². The fraction of sp³-hybridized carbons (Fsp3) is 1.00. The van der Waals surface area contributed by atoms with Gasteiger partial charge < -0.3 is 0 Å². The molecule has 2 heteroatoms. The minimum Gasteiger partial charge on any atom is -0.297 e. The molecule has 1 unspecified atom stereocenters. The van der Waals surface area contributed by atoms with Gasteiger partial charge in [-0.1, -0.05) is 19.3 Å². The molecular weight excluding hydrogens is 178 g/mol. The molecule has 0 aromatic carbocycles. The summed E-state index contributed by atoms with van der Waals surface area (Å²) in [7, 11) is 0. The fourth-order valence-electron chi connectivity index (χ4n) is 2.95. The highest BCUT2D eigenvalue weighted by Gasteiger charge is 2.30. The lowest BCUT2D eigenvalue weighted by molar-refractivity contribution is 0.153. The van der Waals surface area contributed by atoms with E-state index >= 15 is 0 Å². The molecule has 2 fully saturated rings. The summed E-state index contributed by atoms with van der Waals surface area (Å²) in [6.07, 6.45) is 10.1. The van der Waals surface area contributed by atoms with Crippen molar-refractivity contribution in [3.8, 4) is 0 Å². The van der Waals surface area contributed by atoms with Gasteiger partial charge in [0.25, 0.3) is 0 Å². The summed E-state index contributed by atoms with van der Waals surface area (Å²) in [4.78, 5) is 2.74. The zero-order chi connectivity index (χ0) is 9.10. The molecule has 76 valence electrons. The average molecular weight is 199 g/mol. The maximum Gasteiger partial charge on any atom is 0.0187 e. The second-order valence-electron chi connectivity index (χ2n) is 4.51. The Labute approximate surface area is 87.3 Å². The maximum absolute atomic E-state index is 4.45. The number of hydrogen-bond donors (Lipinski definition) is 1. The van der Waals surface area contributed by atoms with Crippen LogP contribution in [0.1, 0.15) is 44.9 Å². The van der Waals surface area contributed by atoms with Gasteiger partial charge in [0.05, 0.1) is 0 Å². The van der Waals surface area contributed by atoms with E-state index in [-0.39, 0.29) is 0 Å². The Hall–Kier alpha value is 0.310. The number of thiol groups is 1. The molecule has 0 amide bonds. The number of likely N-dealkylation sites (tertiary alicyclic amines) is 1. The van der Waals surface area contributed by atoms with Crippen LogP contribution in [0.3, 0.4) is 0 Å². The molecule has 1 aliphatic heterocycles. The number of hydrogen-bond acceptors (Lipinski definition) is 2. The molecule has 2 aliphatic rings. The fourth-order valence-corrected chi connectivity index (χ4v) is 3.34. The molecule has 2 rings (SSSR count). The van der Waals surface area contributed by atoms with Gasteiger partial charge >= 0.3 is 0 Å². The largest absolute Gasteiger partial charge is 0.297 e. The molecule has 1 saturated carbocycles. The SMILES string of the molecule is SCC1CCCN1C1CCCCC1. The first-order valence-corrected chi connectivity index (χ1v) is 6.41. The van der Waals surface area contributed by atoms with E-state index in [4.69, 9.17) is 0 Å². The second-order valence-corrected chi connectivity index (χ2v) is 4.87. The highest BCUT2D eigenvalue weighted by molar-refractivity contribution is 7.80. The summed E-state index contributed by atoms with van der Waals surface area (Å²) in [5.74, 6) is 1.07. The summed E-state index contributed by atoms with van der Waals surface area (Å²) in [5.41, 5.74) is 0. The first kappa shape index (κ1) is 9.85. The second kappa shape index (κ2) is 4.70. The van der Waals surface area contributed by atoms with Crippen molar-refractivity contribution in [2.75, 3.05) is 12.3 Å². The van der Waals surface area contributed by atoms with E-state index in [1.165, 1.54) is 51.5 Å². The van der Waals surface area contributed by atoms with E-state index in [0.29, 0.717) is 0 Å². The third-order valence-corrected chi connectivity index (χ3v) is 4.10. The summed E-state index contributed by atoms with van der Waals surface area (Å²) in [5, 5.41) is 0. The van der Waals surface area contributed by atoms with Crippen LogP contribution in [0.4, 0.5) is 0 Å². The number of rotatable bonds is 2. The summed E-state index contributed by atoms with van der Waals surface area (Å²) < 4.78 is 0. The van der Waals surface area contributed by atoms with Crippen LogP contribution in [-0.2, 0) is 0 Å². The van der Waals surface area contributed by atoms with Gasteiger partial charge in [0.15, 0.2) is 0 Å². The van der Waals surface area contributed by atoms with E-state index in [1.807, 2.05) is 0 Å². The van der Waals surface area contributed by atoms with Crippen LogP contribution in [-0.4, -0.2) is 29.3 Å². The van der Waals surface area contributed by atoms with Gasteiger partial charge in [-0.15, -0.1) is 0 Å². The van der Waals surface area contributed by atoms with Crippen LogP contribution < -0.4 is 0 Å². The molecule has 0 radical (unpaired) electrons. The Morgan fingerprint density at radius 2 is 1.77 bits per heavy atom. The predicted octanol–water partition coefficient (Wildman–Crippen LogP) is 2.71. The van der Waals surface area contributed by atoms with Gasteiger partial charge in [-0.25, -0.2) is 0 Å². The third kappa shape index (κ3) is 2.21. The third-order valence-electron chi connectivity index (χ3n) is 3.68. The van der Waals surface area contributed by atoms with Crippen molar-refractivity contribution in [1.29, 1.82) is 0 Å². The van der Waals surface area contributed by atoms with Crippen LogP contribution in [0.5, 0.6) is 0 Å². The Balaban J connectivity index is 1.90. The molecule has 0 N–H and O–H groups in total. The zero-order valence-electron chi connectivity index (χ0n) is 8.41. The summed E-state index contributed by atoms with van der Waals surface area (Å²) in [6.45, 7) is 1.34. The molecular formula is C11H21NS. The first-order valence-electron chi connectivity index (χ1n) is 5.78. The van der Waals surface area contributed by atoms with Crippen molar-refractivity contribution < 1.29 is 0 Å². The Morgan fingerprint density at radius 1 is 1.00 bits per heavy atom. The first-order chi connectivity index (χ1) is 6.42. The molecule has 1 atom stereocenters. The zero-order valence-corrected chi connectivity index (χ0v) is 9.31. The lowest BCUT2D eigenvalue weighted by Crippen LogP contribution is -2.41. The van der Waals surface area contributed by atoms with Crippen LogP contribution >= 0.6 is 12.6 Å². The molecule has 1 nitrogen and oxygen atoms in total. The number of nitrogens with zero attached hydrogens (tertiary/aromatic N) is 1. The van der Waals surface area contributed by atoms with E-state index in [1.54, 1.807) is 0 Å². The molecule has 1 heterocycles. The van der Waals surface area contributed by atoms with E-state index in [2.05, 4.69) is 17.5 Å². The monoisotopic (exact) mass is 199 g/mol. The lowest BCUT2D eigenvalue weighted by Gasteiger charge is -2.35. The van der Waals surface area contributed by atoms with Crippen LogP contribution in [0.15, 0.2) is 0 Å². The minimum atomic E-state index is 0.798. The van der Waals surface area contributed by atoms with Crippen LogP contribution in [0.25, 0.3) is 0 Å². The van der Waals surface area contributed by atoms with Gasteiger partial charge in [0, 0.05) is 17.8 Å². The Bertz CT molecular complexity index is 154. The average Bonchev–Trinajstić information content (AvgIpc) is 2.67. The van der Waals surface area contributed by atoms with E-state index < -0.39 is 0 Å². The highest BCUT2D eigenvalue weighted by atomic mass is 32.1. The van der Waals surface area contributed by atoms with Gasteiger partial charge in [-0.2, -0.15) is 12.6 Å². The molecule has 0 spiro atoms. The minimum absolute atomic E-state index is 0.798. The van der Waals surface area contributed by atoms with E-state index in [9.17, 15) is 0 Å². The van der Waals surface area contributed by atoms with Crippen molar-refractivity contribution in [1.82, 2.24) is 4.90 Å². The van der Waals surface area contributed by atoms with Crippen molar-refractivity contribution in [3.05, 3.63) is 0 Å². The molecule has 1 aliphatic carbocycles.